The average molecular weight is 306 g/mol. The first-order valence-electron chi connectivity index (χ1n) is 8.26. The summed E-state index contributed by atoms with van der Waals surface area (Å²) in [7, 11) is 0. The molecule has 0 N–H and O–H groups in total. The number of hydrogen-bond donors (Lipinski definition) is 0. The van der Waals surface area contributed by atoms with Crippen molar-refractivity contribution < 1.29 is 19.1 Å². The van der Waals surface area contributed by atoms with Crippen LogP contribution in [-0.2, 0) is 19.1 Å². The molecule has 3 aliphatic rings. The minimum atomic E-state index is -0.212. The van der Waals surface area contributed by atoms with Gasteiger partial charge in [0.15, 0.2) is 0 Å². The number of rotatable bonds is 4. The van der Waals surface area contributed by atoms with E-state index in [9.17, 15) is 9.59 Å². The zero-order valence-electron chi connectivity index (χ0n) is 14.0. The largest absolute Gasteiger partial charge is 0.463 e. The van der Waals surface area contributed by atoms with Gasteiger partial charge in [-0.2, -0.15) is 0 Å². The van der Waals surface area contributed by atoms with Gasteiger partial charge in [-0.25, -0.2) is 4.79 Å². The summed E-state index contributed by atoms with van der Waals surface area (Å²) in [4.78, 5) is 22.7. The number of hydrogen-bond acceptors (Lipinski definition) is 4. The zero-order valence-corrected chi connectivity index (χ0v) is 14.0. The second kappa shape index (κ2) is 4.84. The molecular weight excluding hydrogens is 280 g/mol. The summed E-state index contributed by atoms with van der Waals surface area (Å²) in [5.41, 5.74) is 1.14. The Kier molecular flexibility index (Phi) is 3.42. The molecule has 0 aromatic heterocycles. The Balaban J connectivity index is 1.64. The van der Waals surface area contributed by atoms with Gasteiger partial charge in [0.05, 0.1) is 6.10 Å². The Morgan fingerprint density at radius 1 is 1.41 bits per heavy atom. The van der Waals surface area contributed by atoms with E-state index in [1.165, 1.54) is 6.92 Å². The van der Waals surface area contributed by atoms with E-state index in [2.05, 4.69) is 20.4 Å². The second-order valence-electron chi connectivity index (χ2n) is 7.87. The van der Waals surface area contributed by atoms with E-state index >= 15 is 0 Å². The fourth-order valence-corrected chi connectivity index (χ4v) is 5.19. The maximum atomic E-state index is 11.7. The van der Waals surface area contributed by atoms with Crippen LogP contribution in [0.2, 0.25) is 0 Å². The first kappa shape index (κ1) is 15.6. The minimum Gasteiger partial charge on any atom is -0.463 e. The number of fused-ring (bicyclic) bond motifs is 2. The van der Waals surface area contributed by atoms with Crippen LogP contribution in [-0.4, -0.2) is 24.1 Å². The summed E-state index contributed by atoms with van der Waals surface area (Å²) in [6.45, 7) is 12.0. The third kappa shape index (κ3) is 2.10. The van der Waals surface area contributed by atoms with E-state index in [-0.39, 0.29) is 40.9 Å². The Hall–Kier alpha value is -1.32. The van der Waals surface area contributed by atoms with Crippen molar-refractivity contribution in [3.63, 3.8) is 0 Å². The van der Waals surface area contributed by atoms with E-state index in [0.29, 0.717) is 11.5 Å². The molecule has 2 saturated carbocycles. The van der Waals surface area contributed by atoms with Crippen molar-refractivity contribution in [2.75, 3.05) is 0 Å². The molecule has 0 spiro atoms. The van der Waals surface area contributed by atoms with Crippen molar-refractivity contribution in [3.8, 4) is 0 Å². The molecule has 0 amide bonds. The molecule has 3 rings (SSSR count). The molecule has 3 fully saturated rings. The van der Waals surface area contributed by atoms with Gasteiger partial charge in [0.25, 0.3) is 0 Å². The Morgan fingerprint density at radius 3 is 2.68 bits per heavy atom. The Labute approximate surface area is 132 Å². The highest BCUT2D eigenvalue weighted by molar-refractivity contribution is 5.91. The summed E-state index contributed by atoms with van der Waals surface area (Å²) in [6, 6.07) is 0. The van der Waals surface area contributed by atoms with E-state index in [4.69, 9.17) is 9.47 Å². The van der Waals surface area contributed by atoms with E-state index in [1.807, 2.05) is 6.92 Å². The smallest absolute Gasteiger partial charge is 0.334 e. The molecule has 0 aromatic carbocycles. The Bertz CT molecular complexity index is 539. The lowest BCUT2D eigenvalue weighted by molar-refractivity contribution is -0.145. The van der Waals surface area contributed by atoms with Crippen LogP contribution in [0.5, 0.6) is 0 Å². The average Bonchev–Trinajstić information content (AvgIpc) is 2.75. The highest BCUT2D eigenvalue weighted by atomic mass is 16.6. The minimum absolute atomic E-state index is 0.0222. The molecule has 1 saturated heterocycles. The molecule has 22 heavy (non-hydrogen) atoms. The highest BCUT2D eigenvalue weighted by Crippen LogP contribution is 2.78. The molecule has 122 valence electrons. The van der Waals surface area contributed by atoms with E-state index < -0.39 is 0 Å². The van der Waals surface area contributed by atoms with Gasteiger partial charge in [0.2, 0.25) is 0 Å². The number of ether oxygens (including phenoxy) is 2. The van der Waals surface area contributed by atoms with Crippen LogP contribution in [0, 0.1) is 22.7 Å². The van der Waals surface area contributed by atoms with E-state index in [0.717, 1.165) is 25.7 Å². The van der Waals surface area contributed by atoms with Crippen molar-refractivity contribution in [2.24, 2.45) is 22.7 Å². The summed E-state index contributed by atoms with van der Waals surface area (Å²) >= 11 is 0. The molecule has 4 nitrogen and oxygen atoms in total. The van der Waals surface area contributed by atoms with Gasteiger partial charge < -0.3 is 9.47 Å². The second-order valence-corrected chi connectivity index (χ2v) is 7.87. The highest BCUT2D eigenvalue weighted by Gasteiger charge is 2.74. The van der Waals surface area contributed by atoms with Gasteiger partial charge >= 0.3 is 11.9 Å². The van der Waals surface area contributed by atoms with Crippen molar-refractivity contribution in [3.05, 3.63) is 12.2 Å². The van der Waals surface area contributed by atoms with Gasteiger partial charge in [-0.1, -0.05) is 20.4 Å². The molecule has 6 atom stereocenters. The summed E-state index contributed by atoms with van der Waals surface area (Å²) < 4.78 is 10.7. The standard InChI is InChI=1S/C18H26O4/c1-10(21-12(3)19)6-7-15-17(4)8-13-11(2)16(20)22-14(13)9-18(15,17)5/h10,13-15H,2,6-9H2,1,3-5H3. The van der Waals surface area contributed by atoms with Crippen LogP contribution in [0.25, 0.3) is 0 Å². The molecule has 0 aromatic rings. The maximum Gasteiger partial charge on any atom is 0.334 e. The third-order valence-electron chi connectivity index (χ3n) is 6.67. The number of esters is 2. The normalized spacial score (nSPS) is 43.9. The van der Waals surface area contributed by atoms with Crippen molar-refractivity contribution >= 4 is 11.9 Å². The van der Waals surface area contributed by atoms with Crippen molar-refractivity contribution in [1.82, 2.24) is 0 Å². The first-order valence-corrected chi connectivity index (χ1v) is 8.26. The summed E-state index contributed by atoms with van der Waals surface area (Å²) in [5.74, 6) is 0.385. The summed E-state index contributed by atoms with van der Waals surface area (Å²) in [6.07, 6.45) is 3.87. The molecule has 1 heterocycles. The van der Waals surface area contributed by atoms with Gasteiger partial charge in [0, 0.05) is 18.4 Å². The zero-order chi connectivity index (χ0) is 16.3. The van der Waals surface area contributed by atoms with Crippen LogP contribution in [0.15, 0.2) is 12.2 Å². The Morgan fingerprint density at radius 2 is 2.05 bits per heavy atom. The molecule has 4 heteroatoms. The fourth-order valence-electron chi connectivity index (χ4n) is 5.19. The lowest BCUT2D eigenvalue weighted by Crippen LogP contribution is -2.30. The van der Waals surface area contributed by atoms with Gasteiger partial charge in [-0.15, -0.1) is 0 Å². The lowest BCUT2D eigenvalue weighted by Gasteiger charge is -2.32. The summed E-state index contributed by atoms with van der Waals surface area (Å²) in [5, 5.41) is 0. The van der Waals surface area contributed by atoms with Gasteiger partial charge in [0.1, 0.15) is 6.10 Å². The lowest BCUT2D eigenvalue weighted by atomic mass is 9.73. The number of carbonyl (C=O) groups is 2. The first-order chi connectivity index (χ1) is 10.2. The monoisotopic (exact) mass is 306 g/mol. The molecule has 1 aliphatic heterocycles. The van der Waals surface area contributed by atoms with Crippen molar-refractivity contribution in [1.29, 1.82) is 0 Å². The van der Waals surface area contributed by atoms with Crippen molar-refractivity contribution in [2.45, 2.75) is 65.6 Å². The predicted molar refractivity (Wildman–Crippen MR) is 81.9 cm³/mol. The van der Waals surface area contributed by atoms with Gasteiger partial charge in [-0.05, 0) is 49.4 Å². The molecular formula is C18H26O4. The van der Waals surface area contributed by atoms with Crippen LogP contribution in [0.3, 0.4) is 0 Å². The number of carbonyl (C=O) groups excluding carboxylic acids is 2. The fraction of sp³-hybridized carbons (Fsp3) is 0.778. The van der Waals surface area contributed by atoms with E-state index in [1.54, 1.807) is 0 Å². The predicted octanol–water partition coefficient (Wildman–Crippen LogP) is 3.25. The van der Waals surface area contributed by atoms with Crippen LogP contribution in [0.4, 0.5) is 0 Å². The molecule has 0 bridgehead atoms. The third-order valence-corrected chi connectivity index (χ3v) is 6.67. The molecule has 0 radical (unpaired) electrons. The van der Waals surface area contributed by atoms with Crippen LogP contribution < -0.4 is 0 Å². The quantitative estimate of drug-likeness (QED) is 0.591. The maximum absolute atomic E-state index is 11.7. The van der Waals surface area contributed by atoms with Crippen LogP contribution in [0.1, 0.15) is 53.4 Å². The van der Waals surface area contributed by atoms with Crippen LogP contribution >= 0.6 is 0 Å². The molecule has 6 unspecified atom stereocenters. The topological polar surface area (TPSA) is 52.6 Å². The molecule has 2 aliphatic carbocycles. The van der Waals surface area contributed by atoms with Gasteiger partial charge in [-0.3, -0.25) is 4.79 Å². The SMILES string of the molecule is C=C1C(=O)OC2CC3(C)C(CCC(C)OC(C)=O)C3(C)CC12.